The molecule has 0 aliphatic heterocycles. The molecule has 1 aliphatic carbocycles. The summed E-state index contributed by atoms with van der Waals surface area (Å²) in [5.41, 5.74) is 2.39. The molecule has 0 radical (unpaired) electrons. The van der Waals surface area contributed by atoms with Crippen LogP contribution >= 0.6 is 27.5 Å². The van der Waals surface area contributed by atoms with Gasteiger partial charge in [0.1, 0.15) is 11.5 Å². The first-order valence-electron chi connectivity index (χ1n) is 9.28. The molecule has 0 bridgehead atoms. The average Bonchev–Trinajstić information content (AvgIpc) is 3.14. The molecule has 3 aromatic rings. The van der Waals surface area contributed by atoms with Crippen LogP contribution in [0.3, 0.4) is 0 Å². The van der Waals surface area contributed by atoms with Gasteiger partial charge in [-0.3, -0.25) is 4.79 Å². The summed E-state index contributed by atoms with van der Waals surface area (Å²) in [6.07, 6.45) is 3.36. The Bertz CT molecular complexity index is 999. The highest BCUT2D eigenvalue weighted by atomic mass is 79.9. The summed E-state index contributed by atoms with van der Waals surface area (Å²) in [6, 6.07) is 15.2. The van der Waals surface area contributed by atoms with Crippen molar-refractivity contribution in [3.8, 4) is 22.7 Å². The number of carboxylic acids is 1. The van der Waals surface area contributed by atoms with E-state index in [1.165, 1.54) is 0 Å². The standard InChI is InChI=1S/C22H19BrClNO3/c23-15-10-8-13(9-11-15)19-20(17-6-1-2-7-18(17)22(26)27)28-21(25-19)14-4-3-5-16(24)12-14/h3-5,8-12,17-18H,1-2,6-7H2,(H,26,27)/t17-,18-/m1/s1. The number of rotatable bonds is 4. The smallest absolute Gasteiger partial charge is 0.307 e. The fraction of sp³-hybridized carbons (Fsp3) is 0.273. The van der Waals surface area contributed by atoms with Crippen molar-refractivity contribution in [3.63, 3.8) is 0 Å². The topological polar surface area (TPSA) is 63.3 Å². The van der Waals surface area contributed by atoms with E-state index in [4.69, 9.17) is 21.0 Å². The molecule has 144 valence electrons. The molecular formula is C22H19BrClNO3. The highest BCUT2D eigenvalue weighted by Crippen LogP contribution is 2.43. The van der Waals surface area contributed by atoms with Crippen molar-refractivity contribution in [3.05, 3.63) is 63.8 Å². The third kappa shape index (κ3) is 3.87. The normalized spacial score (nSPS) is 19.5. The molecule has 0 spiro atoms. The van der Waals surface area contributed by atoms with Gasteiger partial charge in [-0.1, -0.05) is 58.6 Å². The number of oxazole rings is 1. The van der Waals surface area contributed by atoms with Crippen molar-refractivity contribution < 1.29 is 14.3 Å². The lowest BCUT2D eigenvalue weighted by atomic mass is 9.77. The van der Waals surface area contributed by atoms with Gasteiger partial charge in [-0.25, -0.2) is 4.98 Å². The third-order valence-electron chi connectivity index (χ3n) is 5.26. The fourth-order valence-corrected chi connectivity index (χ4v) is 4.34. The van der Waals surface area contributed by atoms with Gasteiger partial charge in [-0.2, -0.15) is 0 Å². The first-order chi connectivity index (χ1) is 13.5. The number of hydrogen-bond donors (Lipinski definition) is 1. The fourth-order valence-electron chi connectivity index (χ4n) is 3.88. The van der Waals surface area contributed by atoms with Gasteiger partial charge in [0.25, 0.3) is 0 Å². The zero-order valence-electron chi connectivity index (χ0n) is 15.1. The van der Waals surface area contributed by atoms with Gasteiger partial charge in [0.05, 0.1) is 5.92 Å². The predicted molar refractivity (Wildman–Crippen MR) is 112 cm³/mol. The van der Waals surface area contributed by atoms with Crippen LogP contribution in [0.4, 0.5) is 0 Å². The van der Waals surface area contributed by atoms with Crippen LogP contribution in [0.2, 0.25) is 5.02 Å². The lowest BCUT2D eigenvalue weighted by molar-refractivity contribution is -0.143. The summed E-state index contributed by atoms with van der Waals surface area (Å²) in [7, 11) is 0. The Morgan fingerprint density at radius 3 is 2.57 bits per heavy atom. The molecule has 6 heteroatoms. The Morgan fingerprint density at radius 1 is 1.11 bits per heavy atom. The van der Waals surface area contributed by atoms with Crippen LogP contribution in [0, 0.1) is 5.92 Å². The van der Waals surface area contributed by atoms with E-state index in [-0.39, 0.29) is 5.92 Å². The number of halogens is 2. The first kappa shape index (κ1) is 19.2. The molecule has 0 unspecified atom stereocenters. The van der Waals surface area contributed by atoms with Gasteiger partial charge < -0.3 is 9.52 Å². The van der Waals surface area contributed by atoms with Crippen molar-refractivity contribution in [1.82, 2.24) is 4.98 Å². The quantitative estimate of drug-likeness (QED) is 0.466. The highest BCUT2D eigenvalue weighted by molar-refractivity contribution is 9.10. The molecule has 1 heterocycles. The molecule has 0 saturated heterocycles. The summed E-state index contributed by atoms with van der Waals surface area (Å²) in [5, 5.41) is 10.3. The summed E-state index contributed by atoms with van der Waals surface area (Å²) in [6.45, 7) is 0. The second kappa shape index (κ2) is 8.10. The molecule has 1 saturated carbocycles. The molecule has 1 aromatic heterocycles. The van der Waals surface area contributed by atoms with Crippen LogP contribution in [0.5, 0.6) is 0 Å². The van der Waals surface area contributed by atoms with Gasteiger partial charge in [-0.15, -0.1) is 0 Å². The number of hydrogen-bond acceptors (Lipinski definition) is 3. The zero-order chi connectivity index (χ0) is 19.7. The summed E-state index contributed by atoms with van der Waals surface area (Å²) in [5.74, 6) is -0.296. The molecule has 1 N–H and O–H groups in total. The molecule has 28 heavy (non-hydrogen) atoms. The van der Waals surface area contributed by atoms with Crippen LogP contribution in [0.1, 0.15) is 37.4 Å². The molecule has 1 aliphatic rings. The Labute approximate surface area is 176 Å². The van der Waals surface area contributed by atoms with E-state index in [0.29, 0.717) is 28.8 Å². The Morgan fingerprint density at radius 2 is 1.86 bits per heavy atom. The Hall–Kier alpha value is -2.11. The largest absolute Gasteiger partial charge is 0.481 e. The van der Waals surface area contributed by atoms with E-state index < -0.39 is 11.9 Å². The second-order valence-corrected chi connectivity index (χ2v) is 8.44. The number of aliphatic carboxylic acids is 1. The van der Waals surface area contributed by atoms with E-state index >= 15 is 0 Å². The number of aromatic nitrogens is 1. The average molecular weight is 461 g/mol. The van der Waals surface area contributed by atoms with E-state index in [1.54, 1.807) is 12.1 Å². The lowest BCUT2D eigenvalue weighted by Crippen LogP contribution is -2.25. The number of benzene rings is 2. The van der Waals surface area contributed by atoms with Crippen molar-refractivity contribution in [2.24, 2.45) is 5.92 Å². The minimum atomic E-state index is -0.771. The third-order valence-corrected chi connectivity index (χ3v) is 6.03. The van der Waals surface area contributed by atoms with Gasteiger partial charge in [-0.05, 0) is 43.2 Å². The molecule has 1 fully saturated rings. The summed E-state index contributed by atoms with van der Waals surface area (Å²) in [4.78, 5) is 16.6. The minimum absolute atomic E-state index is 0.190. The number of carbonyl (C=O) groups is 1. The summed E-state index contributed by atoms with van der Waals surface area (Å²) < 4.78 is 7.19. The van der Waals surface area contributed by atoms with E-state index in [1.807, 2.05) is 36.4 Å². The van der Waals surface area contributed by atoms with Gasteiger partial charge in [0.15, 0.2) is 0 Å². The maximum Gasteiger partial charge on any atom is 0.307 e. The van der Waals surface area contributed by atoms with E-state index in [2.05, 4.69) is 15.9 Å². The van der Waals surface area contributed by atoms with Crippen LogP contribution < -0.4 is 0 Å². The Kier molecular flexibility index (Phi) is 5.56. The van der Waals surface area contributed by atoms with Crippen LogP contribution in [-0.2, 0) is 4.79 Å². The van der Waals surface area contributed by atoms with Crippen LogP contribution in [-0.4, -0.2) is 16.1 Å². The molecule has 2 atom stereocenters. The molecular weight excluding hydrogens is 442 g/mol. The second-order valence-electron chi connectivity index (χ2n) is 7.08. The van der Waals surface area contributed by atoms with Gasteiger partial charge in [0.2, 0.25) is 5.89 Å². The van der Waals surface area contributed by atoms with Crippen LogP contribution in [0.25, 0.3) is 22.7 Å². The number of nitrogens with zero attached hydrogens (tertiary/aromatic N) is 1. The Balaban J connectivity index is 1.85. The molecule has 4 rings (SSSR count). The SMILES string of the molecule is O=C(O)[C@@H]1CCCC[C@H]1c1oc(-c2cccc(Cl)c2)nc1-c1ccc(Br)cc1. The molecule has 0 amide bonds. The van der Waals surface area contributed by atoms with Gasteiger partial charge >= 0.3 is 5.97 Å². The first-order valence-corrected chi connectivity index (χ1v) is 10.5. The van der Waals surface area contributed by atoms with Crippen molar-refractivity contribution in [2.75, 3.05) is 0 Å². The van der Waals surface area contributed by atoms with Crippen molar-refractivity contribution in [2.45, 2.75) is 31.6 Å². The van der Waals surface area contributed by atoms with Crippen LogP contribution in [0.15, 0.2) is 57.4 Å². The monoisotopic (exact) mass is 459 g/mol. The minimum Gasteiger partial charge on any atom is -0.481 e. The van der Waals surface area contributed by atoms with Crippen molar-refractivity contribution >= 4 is 33.5 Å². The highest BCUT2D eigenvalue weighted by Gasteiger charge is 2.36. The zero-order valence-corrected chi connectivity index (χ0v) is 17.4. The number of carboxylic acid groups (broad SMARTS) is 1. The maximum absolute atomic E-state index is 11.9. The molecule has 4 nitrogen and oxygen atoms in total. The molecule has 2 aromatic carbocycles. The maximum atomic E-state index is 11.9. The van der Waals surface area contributed by atoms with Crippen molar-refractivity contribution in [1.29, 1.82) is 0 Å². The predicted octanol–water partition coefficient (Wildman–Crippen LogP) is 6.78. The van der Waals surface area contributed by atoms with E-state index in [0.717, 1.165) is 34.9 Å². The summed E-state index contributed by atoms with van der Waals surface area (Å²) >= 11 is 9.59. The van der Waals surface area contributed by atoms with Gasteiger partial charge in [0, 0.05) is 26.5 Å². The lowest BCUT2D eigenvalue weighted by Gasteiger charge is -2.27. The van der Waals surface area contributed by atoms with E-state index in [9.17, 15) is 9.90 Å².